The zero-order valence-corrected chi connectivity index (χ0v) is 22.9. The van der Waals surface area contributed by atoms with E-state index in [1.165, 1.54) is 48.6 Å². The van der Waals surface area contributed by atoms with Crippen LogP contribution in [0.15, 0.2) is 48.6 Å². The van der Waals surface area contributed by atoms with Crippen LogP contribution in [0.1, 0.15) is 0 Å². The van der Waals surface area contributed by atoms with Crippen LogP contribution in [0.2, 0.25) is 0 Å². The standard InChI is InChI=1S/4C4H4.4Y/c4*1-3-4-2;;;;/h4*1-4H;;;;/q4*-2;;;;. The molecule has 0 atom stereocenters. The smallest absolute Gasteiger partial charge is 0 e. The van der Waals surface area contributed by atoms with Crippen molar-refractivity contribution < 1.29 is 131 Å². The molecule has 0 aromatic rings. The molecule has 4 radical (unpaired) electrons. The third-order valence-electron chi connectivity index (χ3n) is 0.444. The molecule has 0 aromatic carbocycles. The van der Waals surface area contributed by atoms with Gasteiger partial charge in [0.25, 0.3) is 0 Å². The van der Waals surface area contributed by atoms with Crippen LogP contribution in [-0.2, 0) is 131 Å². The van der Waals surface area contributed by atoms with Gasteiger partial charge in [-0.3, -0.25) is 0 Å². The fraction of sp³-hybridized carbons (Fsp3) is 0. The Morgan fingerprint density at radius 2 is 0.300 bits per heavy atom. The second kappa shape index (κ2) is 82.6. The molecule has 0 aliphatic rings. The Labute approximate surface area is 227 Å². The van der Waals surface area contributed by atoms with Crippen molar-refractivity contribution in [1.82, 2.24) is 0 Å². The van der Waals surface area contributed by atoms with Crippen molar-refractivity contribution >= 4 is 0 Å². The minimum absolute atomic E-state index is 0. The first-order valence-electron chi connectivity index (χ1n) is 4.00. The van der Waals surface area contributed by atoms with Crippen LogP contribution >= 0.6 is 0 Å². The molecule has 0 aliphatic heterocycles. The van der Waals surface area contributed by atoms with E-state index >= 15 is 0 Å². The third kappa shape index (κ3) is 189. The SMILES string of the molecule is [CH-]=CC=[CH-].[CH-]=CC=[CH-].[CH-]=CC=[CH-].[CH-]=CC=[CH-].[Y].[Y].[Y].[Y]. The summed E-state index contributed by atoms with van der Waals surface area (Å²) in [6, 6.07) is 0. The van der Waals surface area contributed by atoms with Gasteiger partial charge in [-0.05, 0) is 0 Å². The zero-order chi connectivity index (χ0) is 13.7. The van der Waals surface area contributed by atoms with Crippen molar-refractivity contribution in [2.24, 2.45) is 0 Å². The van der Waals surface area contributed by atoms with Crippen molar-refractivity contribution in [1.29, 1.82) is 0 Å². The molecular formula is C16H16Y4-8. The maximum absolute atomic E-state index is 4.72. The second-order valence-corrected chi connectivity index (χ2v) is 1.54. The topological polar surface area (TPSA) is 0 Å². The van der Waals surface area contributed by atoms with Crippen molar-refractivity contribution in [3.8, 4) is 0 Å². The van der Waals surface area contributed by atoms with Crippen LogP contribution in [0.3, 0.4) is 0 Å². The predicted molar refractivity (Wildman–Crippen MR) is 71.0 cm³/mol. The van der Waals surface area contributed by atoms with Gasteiger partial charge in [0.05, 0.1) is 0 Å². The van der Waals surface area contributed by atoms with Crippen LogP contribution in [0.4, 0.5) is 0 Å². The van der Waals surface area contributed by atoms with Gasteiger partial charge in [0.15, 0.2) is 0 Å². The molecule has 0 spiro atoms. The zero-order valence-electron chi connectivity index (χ0n) is 11.5. The van der Waals surface area contributed by atoms with Crippen LogP contribution in [0.25, 0.3) is 0 Å². The fourth-order valence-corrected chi connectivity index (χ4v) is 0. The summed E-state index contributed by atoms with van der Waals surface area (Å²) in [5, 5.41) is 0. The van der Waals surface area contributed by atoms with Crippen LogP contribution in [0, 0.1) is 52.6 Å². The summed E-state index contributed by atoms with van der Waals surface area (Å²) in [7, 11) is 0. The molecule has 0 saturated heterocycles. The van der Waals surface area contributed by atoms with Crippen LogP contribution in [0.5, 0.6) is 0 Å². The average Bonchev–Trinajstić information content (AvgIpc) is 2.39. The van der Waals surface area contributed by atoms with Gasteiger partial charge in [0.1, 0.15) is 0 Å². The molecule has 0 aliphatic carbocycles. The van der Waals surface area contributed by atoms with Gasteiger partial charge in [-0.25, -0.2) is 0 Å². The van der Waals surface area contributed by atoms with Gasteiger partial charge in [0, 0.05) is 131 Å². The fourth-order valence-electron chi connectivity index (χ4n) is 0. The van der Waals surface area contributed by atoms with Crippen molar-refractivity contribution in [3.63, 3.8) is 0 Å². The first-order valence-corrected chi connectivity index (χ1v) is 4.00. The number of allylic oxidation sites excluding steroid dienone is 8. The van der Waals surface area contributed by atoms with E-state index in [4.69, 9.17) is 52.6 Å². The Morgan fingerprint density at radius 3 is 0.300 bits per heavy atom. The molecule has 4 heteroatoms. The average molecular weight is 564 g/mol. The number of hydrogen-bond donors (Lipinski definition) is 0. The Balaban J connectivity index is -0.0000000150. The molecule has 0 nitrogen and oxygen atoms in total. The minimum atomic E-state index is 0. The van der Waals surface area contributed by atoms with Crippen LogP contribution < -0.4 is 0 Å². The quantitative estimate of drug-likeness (QED) is 0.360. The maximum atomic E-state index is 4.72. The van der Waals surface area contributed by atoms with Gasteiger partial charge in [-0.15, -0.1) is 0 Å². The Hall–Kier alpha value is 2.34. The summed E-state index contributed by atoms with van der Waals surface area (Å²) < 4.78 is 0. The number of rotatable bonds is 4. The molecule has 0 amide bonds. The van der Waals surface area contributed by atoms with E-state index in [-0.39, 0.29) is 131 Å². The van der Waals surface area contributed by atoms with E-state index < -0.39 is 0 Å². The molecule has 0 aromatic heterocycles. The largest absolute Gasteiger partial charge is 0.394 e. The molecule has 0 heterocycles. The van der Waals surface area contributed by atoms with Gasteiger partial charge >= 0.3 is 0 Å². The Morgan fingerprint density at radius 1 is 0.250 bits per heavy atom. The summed E-state index contributed by atoms with van der Waals surface area (Å²) in [5.74, 6) is 0. The molecule has 0 unspecified atom stereocenters. The van der Waals surface area contributed by atoms with E-state index in [9.17, 15) is 0 Å². The monoisotopic (exact) mass is 564 g/mol. The first kappa shape index (κ1) is 49.5. The minimum Gasteiger partial charge on any atom is -0.394 e. The molecule has 0 N–H and O–H groups in total. The Bertz CT molecular complexity index is 147. The van der Waals surface area contributed by atoms with Crippen molar-refractivity contribution in [2.45, 2.75) is 0 Å². The molecule has 0 bridgehead atoms. The van der Waals surface area contributed by atoms with E-state index in [0.717, 1.165) is 0 Å². The van der Waals surface area contributed by atoms with Gasteiger partial charge < -0.3 is 101 Å². The van der Waals surface area contributed by atoms with E-state index in [0.29, 0.717) is 0 Å². The normalized spacial score (nSPS) is 4.00. The molecule has 100 valence electrons. The van der Waals surface area contributed by atoms with Gasteiger partial charge in [-0.2, -0.15) is 0 Å². The summed E-state index contributed by atoms with van der Waals surface area (Å²) >= 11 is 0. The number of hydrogen-bond acceptors (Lipinski definition) is 0. The summed E-state index contributed by atoms with van der Waals surface area (Å²) in [6.45, 7) is 37.8. The van der Waals surface area contributed by atoms with Crippen molar-refractivity contribution in [2.75, 3.05) is 0 Å². The molecule has 0 saturated carbocycles. The third-order valence-corrected chi connectivity index (χ3v) is 0.444. The van der Waals surface area contributed by atoms with Gasteiger partial charge in [0.2, 0.25) is 0 Å². The predicted octanol–water partition coefficient (Wildman–Crippen LogP) is 3.85. The molecule has 0 fully saturated rings. The molecule has 20 heavy (non-hydrogen) atoms. The van der Waals surface area contributed by atoms with E-state index in [1.54, 1.807) is 0 Å². The summed E-state index contributed by atoms with van der Waals surface area (Å²) in [6.07, 6.45) is 10.2. The van der Waals surface area contributed by atoms with Crippen LogP contribution in [-0.4, -0.2) is 0 Å². The summed E-state index contributed by atoms with van der Waals surface area (Å²) in [4.78, 5) is 0. The van der Waals surface area contributed by atoms with Crippen molar-refractivity contribution in [3.05, 3.63) is 101 Å². The molecular weight excluding hydrogens is 548 g/mol. The van der Waals surface area contributed by atoms with Gasteiger partial charge in [-0.1, -0.05) is 0 Å². The Kier molecular flexibility index (Phi) is 204. The first-order chi connectivity index (χ1) is 7.66. The second-order valence-electron chi connectivity index (χ2n) is 1.54. The molecule has 0 rings (SSSR count). The summed E-state index contributed by atoms with van der Waals surface area (Å²) in [5.41, 5.74) is 0. The maximum Gasteiger partial charge on any atom is 0 e. The van der Waals surface area contributed by atoms with E-state index in [1.807, 2.05) is 0 Å². The van der Waals surface area contributed by atoms with E-state index in [2.05, 4.69) is 0 Å².